The number of carbonyl (C=O) groups excluding carboxylic acids is 1. The third-order valence-electron chi connectivity index (χ3n) is 3.02. The Morgan fingerprint density at radius 1 is 1.30 bits per heavy atom. The lowest BCUT2D eigenvalue weighted by Crippen LogP contribution is -2.32. The lowest BCUT2D eigenvalue weighted by Gasteiger charge is -2.24. The number of anilines is 1. The molecule has 112 valence electrons. The second kappa shape index (κ2) is 9.09. The highest BCUT2D eigenvalue weighted by molar-refractivity contribution is 6.31. The Morgan fingerprint density at radius 2 is 2.05 bits per heavy atom. The summed E-state index contributed by atoms with van der Waals surface area (Å²) in [7, 11) is 0. The third kappa shape index (κ3) is 4.29. The Labute approximate surface area is 130 Å². The molecule has 20 heavy (non-hydrogen) atoms. The second-order valence-electron chi connectivity index (χ2n) is 4.39. The summed E-state index contributed by atoms with van der Waals surface area (Å²) in [5, 5.41) is 0. The lowest BCUT2D eigenvalue weighted by molar-refractivity contribution is -0.116. The number of unbranched alkanes of at least 4 members (excludes halogenated alkanes) is 1. The van der Waals surface area contributed by atoms with Crippen LogP contribution in [0.25, 0.3) is 0 Å². The highest BCUT2D eigenvalue weighted by Gasteiger charge is 2.20. The molecule has 5 heteroatoms. The predicted octanol–water partition coefficient (Wildman–Crippen LogP) is 4.20. The van der Waals surface area contributed by atoms with Gasteiger partial charge in [0.05, 0.1) is 12.3 Å². The minimum absolute atomic E-state index is 0.0622. The number of rotatable bonds is 8. The number of alkyl halides is 2. The van der Waals surface area contributed by atoms with Gasteiger partial charge in [0.15, 0.2) is 0 Å². The van der Waals surface area contributed by atoms with E-state index < -0.39 is 0 Å². The van der Waals surface area contributed by atoms with Crippen molar-refractivity contribution in [3.8, 4) is 5.75 Å². The summed E-state index contributed by atoms with van der Waals surface area (Å²) in [5.74, 6) is 0.374. The Morgan fingerprint density at radius 3 is 2.60 bits per heavy atom. The maximum atomic E-state index is 11.9. The molecule has 0 spiro atoms. The maximum Gasteiger partial charge on any atom is 0.243 e. The predicted molar refractivity (Wildman–Crippen MR) is 85.1 cm³/mol. The largest absolute Gasteiger partial charge is 0.491 e. The fourth-order valence-electron chi connectivity index (χ4n) is 1.93. The summed E-state index contributed by atoms with van der Waals surface area (Å²) < 4.78 is 5.80. The first-order valence-electron chi connectivity index (χ1n) is 6.86. The quantitative estimate of drug-likeness (QED) is 0.408. The zero-order valence-electron chi connectivity index (χ0n) is 12.0. The molecule has 1 aromatic rings. The number of benzene rings is 1. The van der Waals surface area contributed by atoms with Gasteiger partial charge >= 0.3 is 0 Å². The van der Waals surface area contributed by atoms with Gasteiger partial charge in [-0.25, -0.2) is 0 Å². The van der Waals surface area contributed by atoms with Gasteiger partial charge in [0.2, 0.25) is 5.91 Å². The van der Waals surface area contributed by atoms with Crippen molar-refractivity contribution in [2.24, 2.45) is 0 Å². The molecule has 0 saturated carbocycles. The zero-order chi connectivity index (χ0) is 15.0. The van der Waals surface area contributed by atoms with Crippen molar-refractivity contribution >= 4 is 34.8 Å². The van der Waals surface area contributed by atoms with Crippen molar-refractivity contribution in [3.63, 3.8) is 0 Å². The summed E-state index contributed by atoms with van der Waals surface area (Å²) in [6.07, 6.45) is 2.83. The standard InChI is InChI=1S/C15H21Cl2NO2/c1-3-5-9-20-13-8-6-7-12(4-2)15(13)18(11-17)14(19)10-16/h6-8H,3-5,9-11H2,1-2H3. The number of hydrogen-bond donors (Lipinski definition) is 0. The van der Waals surface area contributed by atoms with E-state index >= 15 is 0 Å². The van der Waals surface area contributed by atoms with E-state index in [1.54, 1.807) is 0 Å². The van der Waals surface area contributed by atoms with Crippen LogP contribution in [0.15, 0.2) is 18.2 Å². The average Bonchev–Trinajstić information content (AvgIpc) is 2.48. The van der Waals surface area contributed by atoms with E-state index in [2.05, 4.69) is 6.92 Å². The zero-order valence-corrected chi connectivity index (χ0v) is 13.5. The van der Waals surface area contributed by atoms with Crippen molar-refractivity contribution in [3.05, 3.63) is 23.8 Å². The van der Waals surface area contributed by atoms with Crippen LogP contribution in [-0.4, -0.2) is 24.4 Å². The molecule has 0 bridgehead atoms. The van der Waals surface area contributed by atoms with E-state index in [0.717, 1.165) is 30.5 Å². The van der Waals surface area contributed by atoms with E-state index in [1.807, 2.05) is 25.1 Å². The van der Waals surface area contributed by atoms with Crippen LogP contribution in [0.5, 0.6) is 5.75 Å². The monoisotopic (exact) mass is 317 g/mol. The molecule has 3 nitrogen and oxygen atoms in total. The molecule has 0 N–H and O–H groups in total. The van der Waals surface area contributed by atoms with Crippen molar-refractivity contribution in [1.29, 1.82) is 0 Å². The van der Waals surface area contributed by atoms with Crippen LogP contribution in [0.3, 0.4) is 0 Å². The molecule has 1 rings (SSSR count). The van der Waals surface area contributed by atoms with Gasteiger partial charge in [0.25, 0.3) is 0 Å². The first kappa shape index (κ1) is 17.1. The van der Waals surface area contributed by atoms with Crippen LogP contribution in [0.2, 0.25) is 0 Å². The first-order valence-corrected chi connectivity index (χ1v) is 7.93. The number of para-hydroxylation sites is 1. The molecular weight excluding hydrogens is 297 g/mol. The van der Waals surface area contributed by atoms with Crippen molar-refractivity contribution in [1.82, 2.24) is 0 Å². The lowest BCUT2D eigenvalue weighted by atomic mass is 10.1. The van der Waals surface area contributed by atoms with Gasteiger partial charge in [0, 0.05) is 0 Å². The fraction of sp³-hybridized carbons (Fsp3) is 0.533. The second-order valence-corrected chi connectivity index (χ2v) is 4.90. The van der Waals surface area contributed by atoms with Crippen molar-refractivity contribution < 1.29 is 9.53 Å². The fourth-order valence-corrected chi connectivity index (χ4v) is 2.32. The van der Waals surface area contributed by atoms with E-state index in [9.17, 15) is 4.79 Å². The molecule has 0 unspecified atom stereocenters. The topological polar surface area (TPSA) is 29.5 Å². The molecule has 0 radical (unpaired) electrons. The highest BCUT2D eigenvalue weighted by Crippen LogP contribution is 2.33. The molecule has 0 aliphatic rings. The summed E-state index contributed by atoms with van der Waals surface area (Å²) in [5.41, 5.74) is 1.77. The van der Waals surface area contributed by atoms with Gasteiger partial charge in [0.1, 0.15) is 17.6 Å². The van der Waals surface area contributed by atoms with E-state index in [1.165, 1.54) is 4.90 Å². The molecule has 1 aromatic carbocycles. The molecule has 0 atom stereocenters. The van der Waals surface area contributed by atoms with Crippen LogP contribution in [-0.2, 0) is 11.2 Å². The molecule has 0 heterocycles. The highest BCUT2D eigenvalue weighted by atomic mass is 35.5. The smallest absolute Gasteiger partial charge is 0.243 e. The van der Waals surface area contributed by atoms with E-state index in [0.29, 0.717) is 12.4 Å². The van der Waals surface area contributed by atoms with Gasteiger partial charge in [-0.05, 0) is 24.5 Å². The number of carbonyl (C=O) groups is 1. The van der Waals surface area contributed by atoms with Crippen LogP contribution in [0, 0.1) is 0 Å². The van der Waals surface area contributed by atoms with Gasteiger partial charge < -0.3 is 4.74 Å². The molecule has 1 amide bonds. The number of aryl methyl sites for hydroxylation is 1. The Balaban J connectivity index is 3.13. The summed E-state index contributed by atoms with van der Waals surface area (Å²) in [6.45, 7) is 4.77. The normalized spacial score (nSPS) is 10.4. The number of nitrogens with zero attached hydrogens (tertiary/aromatic N) is 1. The third-order valence-corrected chi connectivity index (χ3v) is 3.49. The SMILES string of the molecule is CCCCOc1cccc(CC)c1N(CCl)C(=O)CCl. The van der Waals surface area contributed by atoms with Crippen LogP contribution < -0.4 is 9.64 Å². The van der Waals surface area contributed by atoms with Gasteiger partial charge in [-0.1, -0.05) is 32.4 Å². The maximum absolute atomic E-state index is 11.9. The Bertz CT molecular complexity index is 438. The van der Waals surface area contributed by atoms with Crippen LogP contribution in [0.4, 0.5) is 5.69 Å². The Kier molecular flexibility index (Phi) is 7.78. The van der Waals surface area contributed by atoms with Gasteiger partial charge in [-0.3, -0.25) is 9.69 Å². The summed E-state index contributed by atoms with van der Waals surface area (Å²) in [4.78, 5) is 13.4. The molecule has 0 aromatic heterocycles. The number of halogens is 2. The number of ether oxygens (including phenoxy) is 1. The number of hydrogen-bond acceptors (Lipinski definition) is 2. The summed E-state index contributed by atoms with van der Waals surface area (Å²) >= 11 is 11.6. The minimum Gasteiger partial charge on any atom is -0.491 e. The molecule has 0 fully saturated rings. The van der Waals surface area contributed by atoms with Crippen LogP contribution in [0.1, 0.15) is 32.3 Å². The summed E-state index contributed by atoms with van der Waals surface area (Å²) in [6, 6.07) is 5.84. The number of amides is 1. The Hall–Kier alpha value is -0.930. The molecular formula is C15H21Cl2NO2. The minimum atomic E-state index is -0.220. The average molecular weight is 318 g/mol. The van der Waals surface area contributed by atoms with E-state index in [4.69, 9.17) is 27.9 Å². The molecule has 0 aliphatic carbocycles. The van der Waals surface area contributed by atoms with Gasteiger partial charge in [-0.2, -0.15) is 0 Å². The van der Waals surface area contributed by atoms with Crippen LogP contribution >= 0.6 is 23.2 Å². The van der Waals surface area contributed by atoms with Gasteiger partial charge in [-0.15, -0.1) is 23.2 Å². The molecule has 0 aliphatic heterocycles. The first-order chi connectivity index (χ1) is 9.69. The van der Waals surface area contributed by atoms with Crippen molar-refractivity contribution in [2.75, 3.05) is 23.4 Å². The molecule has 0 saturated heterocycles. The van der Waals surface area contributed by atoms with E-state index in [-0.39, 0.29) is 17.8 Å². The van der Waals surface area contributed by atoms with Crippen molar-refractivity contribution in [2.45, 2.75) is 33.1 Å².